The number of rotatable bonds is 8. The maximum atomic E-state index is 5.01. The number of hydrogen-bond acceptors (Lipinski definition) is 3. The molecule has 1 heterocycles. The van der Waals surface area contributed by atoms with Crippen molar-refractivity contribution < 1.29 is 4.74 Å². The van der Waals surface area contributed by atoms with Gasteiger partial charge in [-0.3, -0.25) is 4.68 Å². The highest BCUT2D eigenvalue weighted by Gasteiger charge is 2.03. The van der Waals surface area contributed by atoms with E-state index in [1.165, 1.54) is 19.3 Å². The van der Waals surface area contributed by atoms with Gasteiger partial charge in [-0.25, -0.2) is 0 Å². The van der Waals surface area contributed by atoms with Crippen LogP contribution in [0.1, 0.15) is 33.1 Å². The Kier molecular flexibility index (Phi) is 5.93. The summed E-state index contributed by atoms with van der Waals surface area (Å²) in [5.74, 6) is 0.958. The normalized spacial score (nSPS) is 12.7. The highest BCUT2D eigenvalue weighted by atomic mass is 16.5. The summed E-state index contributed by atoms with van der Waals surface area (Å²) in [5, 5.41) is 7.82. The first kappa shape index (κ1) is 13.0. The molecule has 16 heavy (non-hydrogen) atoms. The maximum Gasteiger partial charge on any atom is 0.148 e. The van der Waals surface area contributed by atoms with Crippen LogP contribution in [0.5, 0.6) is 0 Å². The first-order chi connectivity index (χ1) is 7.76. The van der Waals surface area contributed by atoms with Crippen LogP contribution in [0.4, 0.5) is 5.82 Å². The van der Waals surface area contributed by atoms with E-state index in [1.54, 1.807) is 7.11 Å². The Hall–Kier alpha value is -1.03. The molecule has 1 rings (SSSR count). The van der Waals surface area contributed by atoms with Gasteiger partial charge in [-0.15, -0.1) is 0 Å². The second-order valence-electron chi connectivity index (χ2n) is 4.14. The van der Waals surface area contributed by atoms with Crippen molar-refractivity contribution in [2.75, 3.05) is 19.0 Å². The fraction of sp³-hybridized carbons (Fsp3) is 0.750. The van der Waals surface area contributed by atoms with Gasteiger partial charge in [0.15, 0.2) is 0 Å². The molecule has 4 nitrogen and oxygen atoms in total. The number of nitrogens with zero attached hydrogens (tertiary/aromatic N) is 2. The predicted octanol–water partition coefficient (Wildman–Crippen LogP) is 2.52. The van der Waals surface area contributed by atoms with Gasteiger partial charge < -0.3 is 10.1 Å². The standard InChI is InChI=1S/C12H23N3O/c1-4-5-6-11(2)13-12-7-8-15(14-12)9-10-16-3/h7-8,11H,4-6,9-10H2,1-3H3,(H,13,14). The summed E-state index contributed by atoms with van der Waals surface area (Å²) in [6.45, 7) is 5.92. The van der Waals surface area contributed by atoms with Gasteiger partial charge in [0.1, 0.15) is 5.82 Å². The Morgan fingerprint density at radius 2 is 2.38 bits per heavy atom. The largest absolute Gasteiger partial charge is 0.383 e. The van der Waals surface area contributed by atoms with Gasteiger partial charge in [-0.05, 0) is 13.3 Å². The highest BCUT2D eigenvalue weighted by Crippen LogP contribution is 2.08. The zero-order valence-electron chi connectivity index (χ0n) is 10.6. The summed E-state index contributed by atoms with van der Waals surface area (Å²) >= 11 is 0. The van der Waals surface area contributed by atoms with Gasteiger partial charge in [-0.1, -0.05) is 19.8 Å². The predicted molar refractivity (Wildman–Crippen MR) is 66.7 cm³/mol. The van der Waals surface area contributed by atoms with Gasteiger partial charge >= 0.3 is 0 Å². The van der Waals surface area contributed by atoms with Crippen LogP contribution in [0.2, 0.25) is 0 Å². The molecule has 92 valence electrons. The Balaban J connectivity index is 2.33. The molecule has 0 fully saturated rings. The third kappa shape index (κ3) is 4.66. The van der Waals surface area contributed by atoms with Gasteiger partial charge in [0.05, 0.1) is 13.2 Å². The van der Waals surface area contributed by atoms with Crippen LogP contribution < -0.4 is 5.32 Å². The van der Waals surface area contributed by atoms with Crippen LogP contribution in [0, 0.1) is 0 Å². The molecule has 4 heteroatoms. The Morgan fingerprint density at radius 3 is 3.06 bits per heavy atom. The van der Waals surface area contributed by atoms with Crippen LogP contribution in [-0.4, -0.2) is 29.5 Å². The topological polar surface area (TPSA) is 39.1 Å². The molecule has 0 aliphatic heterocycles. The Bertz CT molecular complexity index is 286. The van der Waals surface area contributed by atoms with Crippen molar-refractivity contribution in [3.63, 3.8) is 0 Å². The molecule has 1 aromatic rings. The zero-order chi connectivity index (χ0) is 11.8. The number of ether oxygens (including phenoxy) is 1. The van der Waals surface area contributed by atoms with E-state index < -0.39 is 0 Å². The summed E-state index contributed by atoms with van der Waals surface area (Å²) in [5.41, 5.74) is 0. The molecule has 0 radical (unpaired) electrons. The van der Waals surface area contributed by atoms with E-state index in [-0.39, 0.29) is 0 Å². The molecule has 1 aromatic heterocycles. The first-order valence-electron chi connectivity index (χ1n) is 6.05. The lowest BCUT2D eigenvalue weighted by Gasteiger charge is -2.12. The van der Waals surface area contributed by atoms with Crippen molar-refractivity contribution in [2.24, 2.45) is 0 Å². The minimum Gasteiger partial charge on any atom is -0.383 e. The molecular weight excluding hydrogens is 202 g/mol. The average Bonchev–Trinajstić information content (AvgIpc) is 2.71. The number of aromatic nitrogens is 2. The summed E-state index contributed by atoms with van der Waals surface area (Å²) in [6.07, 6.45) is 5.68. The molecule has 1 unspecified atom stereocenters. The van der Waals surface area contributed by atoms with Crippen molar-refractivity contribution in [1.82, 2.24) is 9.78 Å². The lowest BCUT2D eigenvalue weighted by molar-refractivity contribution is 0.183. The van der Waals surface area contributed by atoms with Crippen LogP contribution in [0.15, 0.2) is 12.3 Å². The highest BCUT2D eigenvalue weighted by molar-refractivity contribution is 5.33. The van der Waals surface area contributed by atoms with E-state index >= 15 is 0 Å². The SMILES string of the molecule is CCCCC(C)Nc1ccn(CCOC)n1. The number of methoxy groups -OCH3 is 1. The minimum atomic E-state index is 0.491. The fourth-order valence-electron chi connectivity index (χ4n) is 1.58. The molecule has 0 aromatic carbocycles. The molecule has 0 spiro atoms. The van der Waals surface area contributed by atoms with E-state index in [1.807, 2.05) is 16.9 Å². The second kappa shape index (κ2) is 7.28. The fourth-order valence-corrected chi connectivity index (χ4v) is 1.58. The van der Waals surface area contributed by atoms with Crippen molar-refractivity contribution in [1.29, 1.82) is 0 Å². The molecule has 0 aliphatic rings. The van der Waals surface area contributed by atoms with Crippen LogP contribution in [-0.2, 0) is 11.3 Å². The third-order valence-corrected chi connectivity index (χ3v) is 2.55. The molecule has 0 saturated carbocycles. The maximum absolute atomic E-state index is 5.01. The second-order valence-corrected chi connectivity index (χ2v) is 4.14. The van der Waals surface area contributed by atoms with Gasteiger partial charge in [-0.2, -0.15) is 5.10 Å². The smallest absolute Gasteiger partial charge is 0.148 e. The zero-order valence-corrected chi connectivity index (χ0v) is 10.6. The quantitative estimate of drug-likeness (QED) is 0.739. The molecule has 1 atom stereocenters. The Labute approximate surface area is 98.0 Å². The number of hydrogen-bond donors (Lipinski definition) is 1. The van der Waals surface area contributed by atoms with Gasteiger partial charge in [0, 0.05) is 25.4 Å². The van der Waals surface area contributed by atoms with Crippen LogP contribution in [0.25, 0.3) is 0 Å². The van der Waals surface area contributed by atoms with E-state index in [2.05, 4.69) is 24.3 Å². The van der Waals surface area contributed by atoms with Gasteiger partial charge in [0.2, 0.25) is 0 Å². The molecule has 1 N–H and O–H groups in total. The van der Waals surface area contributed by atoms with Gasteiger partial charge in [0.25, 0.3) is 0 Å². The van der Waals surface area contributed by atoms with Crippen molar-refractivity contribution in [3.05, 3.63) is 12.3 Å². The number of unbranched alkanes of at least 4 members (excludes halogenated alkanes) is 1. The van der Waals surface area contributed by atoms with Crippen LogP contribution in [0.3, 0.4) is 0 Å². The third-order valence-electron chi connectivity index (χ3n) is 2.55. The Morgan fingerprint density at radius 1 is 1.56 bits per heavy atom. The van der Waals surface area contributed by atoms with E-state index in [0.717, 1.165) is 12.4 Å². The molecule has 0 bridgehead atoms. The summed E-state index contributed by atoms with van der Waals surface area (Å²) in [6, 6.07) is 2.50. The molecule has 0 saturated heterocycles. The first-order valence-corrected chi connectivity index (χ1v) is 6.05. The molecule has 0 aliphatic carbocycles. The molecule has 0 amide bonds. The van der Waals surface area contributed by atoms with E-state index in [4.69, 9.17) is 4.74 Å². The van der Waals surface area contributed by atoms with Crippen LogP contribution >= 0.6 is 0 Å². The summed E-state index contributed by atoms with van der Waals surface area (Å²) in [4.78, 5) is 0. The van der Waals surface area contributed by atoms with Crippen molar-refractivity contribution in [2.45, 2.75) is 45.7 Å². The summed E-state index contributed by atoms with van der Waals surface area (Å²) < 4.78 is 6.91. The summed E-state index contributed by atoms with van der Waals surface area (Å²) in [7, 11) is 1.70. The molecular formula is C12H23N3O. The number of anilines is 1. The van der Waals surface area contributed by atoms with Crippen molar-refractivity contribution in [3.8, 4) is 0 Å². The minimum absolute atomic E-state index is 0.491. The van der Waals surface area contributed by atoms with E-state index in [0.29, 0.717) is 12.6 Å². The van der Waals surface area contributed by atoms with E-state index in [9.17, 15) is 0 Å². The number of nitrogens with one attached hydrogen (secondary N) is 1. The lowest BCUT2D eigenvalue weighted by Crippen LogP contribution is -2.15. The lowest BCUT2D eigenvalue weighted by atomic mass is 10.1. The van der Waals surface area contributed by atoms with Crippen molar-refractivity contribution >= 4 is 5.82 Å². The average molecular weight is 225 g/mol. The monoisotopic (exact) mass is 225 g/mol.